The van der Waals surface area contributed by atoms with E-state index in [0.717, 1.165) is 0 Å². The average Bonchev–Trinajstić information content (AvgIpc) is 2.83. The zero-order valence-electron chi connectivity index (χ0n) is 18.0. The summed E-state index contributed by atoms with van der Waals surface area (Å²) in [4.78, 5) is 36.7. The maximum absolute atomic E-state index is 12.8. The van der Waals surface area contributed by atoms with Gasteiger partial charge in [-0.3, -0.25) is 9.52 Å². The highest BCUT2D eigenvalue weighted by Crippen LogP contribution is 2.25. The Morgan fingerprint density at radius 3 is 1.91 bits per heavy atom. The fourth-order valence-corrected chi connectivity index (χ4v) is 4.28. The molecular formula is C23H19ClN2O7S. The predicted molar refractivity (Wildman–Crippen MR) is 126 cm³/mol. The van der Waals surface area contributed by atoms with Gasteiger partial charge in [0.2, 0.25) is 0 Å². The Balaban J connectivity index is 1.84. The largest absolute Gasteiger partial charge is 0.465 e. The lowest BCUT2D eigenvalue weighted by molar-refractivity contribution is 0.0598. The van der Waals surface area contributed by atoms with Crippen molar-refractivity contribution in [1.82, 2.24) is 0 Å². The topological polar surface area (TPSA) is 128 Å². The highest BCUT2D eigenvalue weighted by atomic mass is 35.5. The van der Waals surface area contributed by atoms with Gasteiger partial charge in [-0.15, -0.1) is 0 Å². The highest BCUT2D eigenvalue weighted by molar-refractivity contribution is 7.92. The van der Waals surface area contributed by atoms with E-state index in [1.807, 2.05) is 0 Å². The quantitative estimate of drug-likeness (QED) is 0.468. The van der Waals surface area contributed by atoms with E-state index in [2.05, 4.69) is 19.5 Å². The molecule has 0 aliphatic rings. The number of esters is 2. The van der Waals surface area contributed by atoms with Crippen molar-refractivity contribution in [2.45, 2.75) is 4.90 Å². The second-order valence-corrected chi connectivity index (χ2v) is 8.94. The average molecular weight is 503 g/mol. The lowest BCUT2D eigenvalue weighted by Crippen LogP contribution is -2.16. The summed E-state index contributed by atoms with van der Waals surface area (Å²) in [6.45, 7) is 0. The summed E-state index contributed by atoms with van der Waals surface area (Å²) in [5.41, 5.74) is 0.367. The van der Waals surface area contributed by atoms with Crippen LogP contribution in [0.3, 0.4) is 0 Å². The van der Waals surface area contributed by atoms with E-state index >= 15 is 0 Å². The molecular weight excluding hydrogens is 484 g/mol. The number of methoxy groups -OCH3 is 2. The number of hydrogen-bond acceptors (Lipinski definition) is 7. The summed E-state index contributed by atoms with van der Waals surface area (Å²) in [5, 5.41) is 2.53. The molecule has 0 saturated carbocycles. The van der Waals surface area contributed by atoms with Crippen LogP contribution >= 0.6 is 11.6 Å². The summed E-state index contributed by atoms with van der Waals surface area (Å²) in [6.07, 6.45) is 0. The fraction of sp³-hybridized carbons (Fsp3) is 0.0870. The minimum Gasteiger partial charge on any atom is -0.465 e. The van der Waals surface area contributed by atoms with Crippen LogP contribution in [0.1, 0.15) is 31.1 Å². The molecule has 3 rings (SSSR count). The highest BCUT2D eigenvalue weighted by Gasteiger charge is 2.18. The Labute approximate surface area is 200 Å². The molecule has 0 bridgehead atoms. The van der Waals surface area contributed by atoms with Gasteiger partial charge in [-0.05, 0) is 48.5 Å². The third-order valence-electron chi connectivity index (χ3n) is 4.55. The molecule has 1 amide bonds. The number of anilines is 2. The van der Waals surface area contributed by atoms with Gasteiger partial charge < -0.3 is 14.8 Å². The number of nitrogens with one attached hydrogen (secondary N) is 2. The van der Waals surface area contributed by atoms with Crippen molar-refractivity contribution in [2.75, 3.05) is 24.3 Å². The summed E-state index contributed by atoms with van der Waals surface area (Å²) in [6, 6.07) is 15.7. The predicted octanol–water partition coefficient (Wildman–Crippen LogP) is 3.97. The molecule has 0 spiro atoms. The molecule has 0 unspecified atom stereocenters. The van der Waals surface area contributed by atoms with Crippen LogP contribution < -0.4 is 10.0 Å². The van der Waals surface area contributed by atoms with Crippen LogP contribution in [0.15, 0.2) is 71.6 Å². The molecule has 11 heteroatoms. The van der Waals surface area contributed by atoms with Gasteiger partial charge in [0.25, 0.3) is 15.9 Å². The van der Waals surface area contributed by atoms with E-state index in [-0.39, 0.29) is 38.0 Å². The SMILES string of the molecule is COC(=O)c1cc(NC(=O)c2ccc(NS(=O)(=O)c3ccccc3)cc2Cl)cc(C(=O)OC)c1. The molecule has 3 aromatic rings. The molecule has 176 valence electrons. The Bertz CT molecular complexity index is 1320. The Morgan fingerprint density at radius 2 is 1.38 bits per heavy atom. The maximum Gasteiger partial charge on any atom is 0.337 e. The lowest BCUT2D eigenvalue weighted by atomic mass is 10.1. The van der Waals surface area contributed by atoms with Gasteiger partial charge in [-0.1, -0.05) is 29.8 Å². The maximum atomic E-state index is 12.8. The molecule has 0 saturated heterocycles. The molecule has 0 atom stereocenters. The number of hydrogen-bond donors (Lipinski definition) is 2. The number of carbonyl (C=O) groups excluding carboxylic acids is 3. The first kappa shape index (κ1) is 24.7. The Hall–Kier alpha value is -3.89. The molecule has 0 fully saturated rings. The minimum atomic E-state index is -3.84. The van der Waals surface area contributed by atoms with E-state index < -0.39 is 27.9 Å². The van der Waals surface area contributed by atoms with Crippen molar-refractivity contribution in [3.05, 3.63) is 88.4 Å². The smallest absolute Gasteiger partial charge is 0.337 e. The number of benzene rings is 3. The third-order valence-corrected chi connectivity index (χ3v) is 6.26. The fourth-order valence-electron chi connectivity index (χ4n) is 2.95. The van der Waals surface area contributed by atoms with Gasteiger partial charge >= 0.3 is 11.9 Å². The minimum absolute atomic E-state index is 0.0249. The normalized spacial score (nSPS) is 10.8. The van der Waals surface area contributed by atoms with E-state index in [4.69, 9.17) is 11.6 Å². The molecule has 3 aromatic carbocycles. The first-order chi connectivity index (χ1) is 16.1. The van der Waals surface area contributed by atoms with Crippen LogP contribution in [0.25, 0.3) is 0 Å². The molecule has 0 heterocycles. The summed E-state index contributed by atoms with van der Waals surface area (Å²) in [5.74, 6) is -2.08. The van der Waals surface area contributed by atoms with Crippen LogP contribution in [0.4, 0.5) is 11.4 Å². The van der Waals surface area contributed by atoms with Gasteiger partial charge in [-0.25, -0.2) is 18.0 Å². The van der Waals surface area contributed by atoms with Crippen molar-refractivity contribution in [1.29, 1.82) is 0 Å². The van der Waals surface area contributed by atoms with Crippen LogP contribution in [-0.4, -0.2) is 40.5 Å². The van der Waals surface area contributed by atoms with Crippen molar-refractivity contribution < 1.29 is 32.3 Å². The van der Waals surface area contributed by atoms with Crippen molar-refractivity contribution in [3.8, 4) is 0 Å². The number of rotatable bonds is 7. The molecule has 0 aliphatic carbocycles. The number of ether oxygens (including phenoxy) is 2. The Morgan fingerprint density at radius 1 is 0.794 bits per heavy atom. The second kappa shape index (κ2) is 10.4. The Kier molecular flexibility index (Phi) is 7.54. The van der Waals surface area contributed by atoms with E-state index in [1.54, 1.807) is 18.2 Å². The molecule has 34 heavy (non-hydrogen) atoms. The number of halogens is 1. The van der Waals surface area contributed by atoms with Crippen molar-refractivity contribution >= 4 is 50.8 Å². The number of sulfonamides is 1. The summed E-state index contributed by atoms with van der Waals surface area (Å²) >= 11 is 6.23. The van der Waals surface area contributed by atoms with Crippen LogP contribution in [0, 0.1) is 0 Å². The molecule has 2 N–H and O–H groups in total. The van der Waals surface area contributed by atoms with Gasteiger partial charge in [0.05, 0.1) is 46.5 Å². The molecule has 0 radical (unpaired) electrons. The number of amides is 1. The first-order valence-electron chi connectivity index (χ1n) is 9.65. The van der Waals surface area contributed by atoms with Crippen molar-refractivity contribution in [2.24, 2.45) is 0 Å². The van der Waals surface area contributed by atoms with Crippen LogP contribution in [-0.2, 0) is 19.5 Å². The number of carbonyl (C=O) groups is 3. The van der Waals surface area contributed by atoms with Crippen LogP contribution in [0.2, 0.25) is 5.02 Å². The summed E-state index contributed by atoms with van der Waals surface area (Å²) in [7, 11) is -1.48. The van der Waals surface area contributed by atoms with E-state index in [0.29, 0.717) is 0 Å². The van der Waals surface area contributed by atoms with Crippen molar-refractivity contribution in [3.63, 3.8) is 0 Å². The van der Waals surface area contributed by atoms with Crippen LogP contribution in [0.5, 0.6) is 0 Å². The van der Waals surface area contributed by atoms with Gasteiger partial charge in [0.1, 0.15) is 0 Å². The zero-order chi connectivity index (χ0) is 24.9. The van der Waals surface area contributed by atoms with Gasteiger partial charge in [-0.2, -0.15) is 0 Å². The monoisotopic (exact) mass is 502 g/mol. The van der Waals surface area contributed by atoms with Gasteiger partial charge in [0, 0.05) is 5.69 Å². The van der Waals surface area contributed by atoms with E-state index in [1.165, 1.54) is 62.8 Å². The molecule has 9 nitrogen and oxygen atoms in total. The molecule has 0 aliphatic heterocycles. The third kappa shape index (κ3) is 5.72. The standard InChI is InChI=1S/C23H19ClN2O7S/c1-32-22(28)14-10-15(23(29)33-2)12-17(11-14)25-21(27)19-9-8-16(13-20(19)24)26-34(30,31)18-6-4-3-5-7-18/h3-13,26H,1-2H3,(H,25,27). The first-order valence-corrected chi connectivity index (χ1v) is 11.5. The van der Waals surface area contributed by atoms with E-state index in [9.17, 15) is 22.8 Å². The zero-order valence-corrected chi connectivity index (χ0v) is 19.6. The second-order valence-electron chi connectivity index (χ2n) is 6.85. The molecule has 0 aromatic heterocycles. The van der Waals surface area contributed by atoms with Gasteiger partial charge in [0.15, 0.2) is 0 Å². The summed E-state index contributed by atoms with van der Waals surface area (Å²) < 4.78 is 36.7. The lowest BCUT2D eigenvalue weighted by Gasteiger charge is -2.12.